The molecule has 27 heavy (non-hydrogen) atoms. The van der Waals surface area contributed by atoms with Crippen LogP contribution in [0.15, 0.2) is 39.8 Å². The van der Waals surface area contributed by atoms with Crippen molar-refractivity contribution in [3.63, 3.8) is 0 Å². The number of hydrogen-bond acceptors (Lipinski definition) is 6. The van der Waals surface area contributed by atoms with Crippen LogP contribution in [0.5, 0.6) is 0 Å². The molecule has 0 aliphatic rings. The number of esters is 1. The maximum absolute atomic E-state index is 12.6. The Balaban J connectivity index is 1.83. The normalized spacial score (nSPS) is 12.0. The van der Waals surface area contributed by atoms with Crippen LogP contribution in [0.25, 0.3) is 11.1 Å². The van der Waals surface area contributed by atoms with E-state index >= 15 is 0 Å². The average molecular weight is 369 g/mol. The zero-order valence-electron chi connectivity index (χ0n) is 15.4. The summed E-state index contributed by atoms with van der Waals surface area (Å²) in [6.45, 7) is 4.85. The Labute approximate surface area is 154 Å². The highest BCUT2D eigenvalue weighted by atomic mass is 16.5. The molecule has 0 bridgehead atoms. The minimum absolute atomic E-state index is 0.0192. The molecular formula is C19H19N3O5. The van der Waals surface area contributed by atoms with Crippen LogP contribution in [0.3, 0.4) is 0 Å². The number of carbonyl (C=O) groups is 2. The van der Waals surface area contributed by atoms with Gasteiger partial charge in [-0.25, -0.2) is 9.78 Å². The van der Waals surface area contributed by atoms with Crippen molar-refractivity contribution in [2.45, 2.75) is 26.9 Å². The molecule has 1 atom stereocenters. The van der Waals surface area contributed by atoms with Gasteiger partial charge in [-0.05, 0) is 32.4 Å². The van der Waals surface area contributed by atoms with Gasteiger partial charge in [0.2, 0.25) is 5.71 Å². The minimum Gasteiger partial charge on any atom is -0.449 e. The van der Waals surface area contributed by atoms with Crippen LogP contribution < -0.4 is 10.9 Å². The smallest absolute Gasteiger partial charge is 0.343 e. The van der Waals surface area contributed by atoms with E-state index in [-0.39, 0.29) is 22.4 Å². The molecular weight excluding hydrogens is 350 g/mol. The molecule has 3 rings (SSSR count). The topological polar surface area (TPSA) is 103 Å². The molecule has 140 valence electrons. The fraction of sp³-hybridized carbons (Fsp3) is 0.263. The highest BCUT2D eigenvalue weighted by Gasteiger charge is 2.27. The lowest BCUT2D eigenvalue weighted by atomic mass is 10.2. The summed E-state index contributed by atoms with van der Waals surface area (Å²) in [5, 5.41) is 2.75. The summed E-state index contributed by atoms with van der Waals surface area (Å²) in [6.07, 6.45) is 0.239. The zero-order chi connectivity index (χ0) is 19.7. The van der Waals surface area contributed by atoms with Crippen LogP contribution in [-0.2, 0) is 16.6 Å². The number of benzene rings is 1. The van der Waals surface area contributed by atoms with Crippen LogP contribution >= 0.6 is 0 Å². The Morgan fingerprint density at radius 3 is 2.67 bits per heavy atom. The van der Waals surface area contributed by atoms with Crippen LogP contribution in [0.2, 0.25) is 0 Å². The predicted molar refractivity (Wildman–Crippen MR) is 98.7 cm³/mol. The molecule has 0 aliphatic heterocycles. The monoisotopic (exact) mass is 369 g/mol. The summed E-state index contributed by atoms with van der Waals surface area (Å²) in [6, 6.07) is 7.26. The lowest BCUT2D eigenvalue weighted by Gasteiger charge is -2.14. The summed E-state index contributed by atoms with van der Waals surface area (Å²) in [5.41, 5.74) is 1.12. The van der Waals surface area contributed by atoms with Crippen molar-refractivity contribution in [2.24, 2.45) is 7.05 Å². The third-order valence-electron chi connectivity index (χ3n) is 4.21. The Morgan fingerprint density at radius 2 is 1.96 bits per heavy atom. The van der Waals surface area contributed by atoms with E-state index in [0.29, 0.717) is 5.69 Å². The number of amides is 1. The zero-order valence-corrected chi connectivity index (χ0v) is 15.4. The van der Waals surface area contributed by atoms with Crippen molar-refractivity contribution in [3.05, 3.63) is 57.8 Å². The van der Waals surface area contributed by atoms with Crippen molar-refractivity contribution in [1.82, 2.24) is 9.55 Å². The maximum atomic E-state index is 12.6. The largest absolute Gasteiger partial charge is 0.449 e. The van der Waals surface area contributed by atoms with Gasteiger partial charge in [-0.15, -0.1) is 0 Å². The van der Waals surface area contributed by atoms with Crippen molar-refractivity contribution in [3.8, 4) is 0 Å². The summed E-state index contributed by atoms with van der Waals surface area (Å²) < 4.78 is 11.9. The highest BCUT2D eigenvalue weighted by Crippen LogP contribution is 2.22. The first-order valence-corrected chi connectivity index (χ1v) is 8.31. The number of aryl methyl sites for hydroxylation is 3. The maximum Gasteiger partial charge on any atom is 0.343 e. The number of hydrogen-bond donors (Lipinski definition) is 1. The van der Waals surface area contributed by atoms with Gasteiger partial charge in [0.15, 0.2) is 6.10 Å². The number of aromatic nitrogens is 2. The van der Waals surface area contributed by atoms with Crippen LogP contribution in [0, 0.1) is 13.8 Å². The summed E-state index contributed by atoms with van der Waals surface area (Å²) in [5.74, 6) is -1.09. The summed E-state index contributed by atoms with van der Waals surface area (Å²) in [4.78, 5) is 41.3. The Hall–Kier alpha value is -3.42. The second-order valence-electron chi connectivity index (χ2n) is 6.23. The lowest BCUT2D eigenvalue weighted by molar-refractivity contribution is -0.123. The number of fused-ring (bicyclic) bond motifs is 1. The molecule has 0 saturated heterocycles. The quantitative estimate of drug-likeness (QED) is 0.708. The first-order valence-electron chi connectivity index (χ1n) is 8.31. The Morgan fingerprint density at radius 1 is 1.26 bits per heavy atom. The van der Waals surface area contributed by atoms with Gasteiger partial charge in [-0.1, -0.05) is 18.2 Å². The van der Waals surface area contributed by atoms with E-state index < -0.39 is 23.5 Å². The van der Waals surface area contributed by atoms with Gasteiger partial charge in [0, 0.05) is 12.7 Å². The van der Waals surface area contributed by atoms with Crippen LogP contribution in [0.4, 0.5) is 5.69 Å². The van der Waals surface area contributed by atoms with Crippen LogP contribution in [-0.4, -0.2) is 27.5 Å². The Bertz CT molecular complexity index is 1100. The number of anilines is 1. The van der Waals surface area contributed by atoms with Crippen molar-refractivity contribution < 1.29 is 18.7 Å². The van der Waals surface area contributed by atoms with Gasteiger partial charge in [0.25, 0.3) is 11.5 Å². The van der Waals surface area contributed by atoms with E-state index in [9.17, 15) is 14.4 Å². The number of nitrogens with one attached hydrogen (secondary N) is 1. The molecule has 3 aromatic rings. The first kappa shape index (κ1) is 18.4. The van der Waals surface area contributed by atoms with Crippen molar-refractivity contribution in [2.75, 3.05) is 5.32 Å². The molecule has 2 aromatic heterocycles. The van der Waals surface area contributed by atoms with E-state index in [1.54, 1.807) is 12.1 Å². The number of carbonyl (C=O) groups excluding carboxylic acids is 2. The van der Waals surface area contributed by atoms with Gasteiger partial charge < -0.3 is 19.0 Å². The SMILES string of the molecule is Cc1ccccc1NC(=O)C(C)OC(=O)c1c(C)oc2ncn(C)c(=O)c12. The first-order chi connectivity index (χ1) is 12.8. The molecule has 0 fully saturated rings. The van der Waals surface area contributed by atoms with Gasteiger partial charge in [-0.3, -0.25) is 9.59 Å². The van der Waals surface area contributed by atoms with Gasteiger partial charge in [-0.2, -0.15) is 0 Å². The van der Waals surface area contributed by atoms with E-state index in [2.05, 4.69) is 10.3 Å². The van der Waals surface area contributed by atoms with Crippen molar-refractivity contribution >= 4 is 28.7 Å². The Kier molecular flexibility index (Phi) is 4.81. The molecule has 0 radical (unpaired) electrons. The van der Waals surface area contributed by atoms with E-state index in [1.165, 1.54) is 31.8 Å². The molecule has 1 amide bonds. The highest BCUT2D eigenvalue weighted by molar-refractivity contribution is 6.05. The van der Waals surface area contributed by atoms with Gasteiger partial charge >= 0.3 is 5.97 Å². The predicted octanol–water partition coefficient (Wildman–Crippen LogP) is 2.33. The number of ether oxygens (including phenoxy) is 1. The fourth-order valence-corrected chi connectivity index (χ4v) is 2.65. The molecule has 1 N–H and O–H groups in total. The molecule has 1 aromatic carbocycles. The molecule has 0 aliphatic carbocycles. The fourth-order valence-electron chi connectivity index (χ4n) is 2.65. The third-order valence-corrected chi connectivity index (χ3v) is 4.21. The standard InChI is InChI=1S/C19H19N3O5/c1-10-7-5-6-8-13(10)21-16(23)12(3)27-19(25)14-11(2)26-17-15(14)18(24)22(4)9-20-17/h5-9,12H,1-4H3,(H,21,23). The van der Waals surface area contributed by atoms with Crippen LogP contribution in [0.1, 0.15) is 28.6 Å². The molecule has 8 nitrogen and oxygen atoms in total. The van der Waals surface area contributed by atoms with E-state index in [0.717, 1.165) is 5.56 Å². The van der Waals surface area contributed by atoms with E-state index in [1.807, 2.05) is 19.1 Å². The van der Waals surface area contributed by atoms with Gasteiger partial charge in [0.05, 0.1) is 0 Å². The van der Waals surface area contributed by atoms with Gasteiger partial charge in [0.1, 0.15) is 23.0 Å². The van der Waals surface area contributed by atoms with Crippen molar-refractivity contribution in [1.29, 1.82) is 0 Å². The molecule has 1 unspecified atom stereocenters. The third kappa shape index (κ3) is 3.46. The molecule has 2 heterocycles. The van der Waals surface area contributed by atoms with E-state index in [4.69, 9.17) is 9.15 Å². The number of furan rings is 1. The average Bonchev–Trinajstić information content (AvgIpc) is 2.97. The minimum atomic E-state index is -1.07. The second-order valence-corrected chi connectivity index (χ2v) is 6.23. The molecule has 0 saturated carbocycles. The molecule has 0 spiro atoms. The summed E-state index contributed by atoms with van der Waals surface area (Å²) >= 11 is 0. The second kappa shape index (κ2) is 7.06. The molecule has 8 heteroatoms. The summed E-state index contributed by atoms with van der Waals surface area (Å²) in [7, 11) is 1.52. The lowest BCUT2D eigenvalue weighted by Crippen LogP contribution is -2.30. The number of para-hydroxylation sites is 1. The number of nitrogens with zero attached hydrogens (tertiary/aromatic N) is 2. The number of rotatable bonds is 4.